The second-order valence-electron chi connectivity index (χ2n) is 10.4. The van der Waals surface area contributed by atoms with E-state index in [-0.39, 0.29) is 18.0 Å². The summed E-state index contributed by atoms with van der Waals surface area (Å²) in [5.41, 5.74) is 3.98. The van der Waals surface area contributed by atoms with E-state index in [1.807, 2.05) is 36.1 Å². The summed E-state index contributed by atoms with van der Waals surface area (Å²) in [5, 5.41) is 5.60. The first-order valence-corrected chi connectivity index (χ1v) is 13.8. The summed E-state index contributed by atoms with van der Waals surface area (Å²) in [6, 6.07) is 8.19. The van der Waals surface area contributed by atoms with Crippen LogP contribution >= 0.6 is 0 Å². The Morgan fingerprint density at radius 3 is 2.53 bits per heavy atom. The van der Waals surface area contributed by atoms with Crippen molar-refractivity contribution in [2.24, 2.45) is 0 Å². The lowest BCUT2D eigenvalue weighted by Gasteiger charge is -2.41. The lowest BCUT2D eigenvalue weighted by atomic mass is 9.97. The van der Waals surface area contributed by atoms with Crippen LogP contribution in [0.25, 0.3) is 11.4 Å². The summed E-state index contributed by atoms with van der Waals surface area (Å²) in [5.74, 6) is 1.90. The van der Waals surface area contributed by atoms with Gasteiger partial charge in [0.1, 0.15) is 5.82 Å². The smallest absolute Gasteiger partial charge is 0.319 e. The normalized spacial score (nSPS) is 20.7. The maximum atomic E-state index is 11.9. The average molecular weight is 522 g/mol. The standard InChI is InChI=1S/C28H39N7O3/c1-4-29-28(37)30-22-7-5-21(6-8-22)26-31-25-17-34(23-9-12-33(13-10-23)20(3)36)14-11-24(25)27(32-26)35-15-16-38-18-19(35)2/h5-8,19,23H,4,9-18H2,1-3H3,(H2,29,30,37)/t19-/m0/s1. The van der Waals surface area contributed by atoms with E-state index in [1.165, 1.54) is 5.56 Å². The molecule has 3 aliphatic rings. The molecule has 3 amide bonds. The number of anilines is 2. The van der Waals surface area contributed by atoms with Gasteiger partial charge in [-0.25, -0.2) is 14.8 Å². The zero-order valence-corrected chi connectivity index (χ0v) is 22.7. The van der Waals surface area contributed by atoms with Gasteiger partial charge in [-0.3, -0.25) is 9.69 Å². The molecule has 2 N–H and O–H groups in total. The predicted molar refractivity (Wildman–Crippen MR) is 147 cm³/mol. The minimum atomic E-state index is -0.219. The Hall–Kier alpha value is -3.24. The number of morpholine rings is 1. The number of carbonyl (C=O) groups is 2. The summed E-state index contributed by atoms with van der Waals surface area (Å²) in [7, 11) is 0. The molecule has 0 radical (unpaired) electrons. The molecule has 1 aromatic carbocycles. The van der Waals surface area contributed by atoms with E-state index in [2.05, 4.69) is 27.4 Å². The number of nitrogens with one attached hydrogen (secondary N) is 2. The van der Waals surface area contributed by atoms with E-state index in [0.717, 1.165) is 74.7 Å². The zero-order chi connectivity index (χ0) is 26.6. The predicted octanol–water partition coefficient (Wildman–Crippen LogP) is 2.88. The largest absolute Gasteiger partial charge is 0.377 e. The molecule has 0 unspecified atom stereocenters. The third kappa shape index (κ3) is 5.76. The second kappa shape index (κ2) is 11.7. The molecule has 1 aromatic heterocycles. The third-order valence-electron chi connectivity index (χ3n) is 7.88. The number of fused-ring (bicyclic) bond motifs is 1. The van der Waals surface area contributed by atoms with Gasteiger partial charge >= 0.3 is 6.03 Å². The number of amides is 3. The number of benzene rings is 1. The number of piperidine rings is 1. The third-order valence-corrected chi connectivity index (χ3v) is 7.88. The van der Waals surface area contributed by atoms with E-state index in [9.17, 15) is 9.59 Å². The highest BCUT2D eigenvalue weighted by molar-refractivity contribution is 5.89. The van der Waals surface area contributed by atoms with E-state index in [0.29, 0.717) is 31.6 Å². The number of likely N-dealkylation sites (tertiary alicyclic amines) is 1. The van der Waals surface area contributed by atoms with Crippen LogP contribution in [0.2, 0.25) is 0 Å². The first-order chi connectivity index (χ1) is 18.4. The van der Waals surface area contributed by atoms with Gasteiger partial charge < -0.3 is 25.2 Å². The molecule has 4 heterocycles. The van der Waals surface area contributed by atoms with Crippen molar-refractivity contribution < 1.29 is 14.3 Å². The molecule has 5 rings (SSSR count). The molecular formula is C28H39N7O3. The van der Waals surface area contributed by atoms with Crippen molar-refractivity contribution in [3.8, 4) is 11.4 Å². The van der Waals surface area contributed by atoms with E-state index in [1.54, 1.807) is 6.92 Å². The van der Waals surface area contributed by atoms with Gasteiger partial charge in [-0.2, -0.15) is 0 Å². The van der Waals surface area contributed by atoms with Gasteiger partial charge in [-0.15, -0.1) is 0 Å². The van der Waals surface area contributed by atoms with E-state index < -0.39 is 0 Å². The Kier molecular flexibility index (Phi) is 8.09. The van der Waals surface area contributed by atoms with Crippen molar-refractivity contribution in [1.82, 2.24) is 25.1 Å². The lowest BCUT2D eigenvalue weighted by Crippen LogP contribution is -2.48. The van der Waals surface area contributed by atoms with Crippen LogP contribution in [-0.2, 0) is 22.5 Å². The quantitative estimate of drug-likeness (QED) is 0.624. The van der Waals surface area contributed by atoms with Crippen LogP contribution in [0, 0.1) is 0 Å². The molecule has 0 spiro atoms. The summed E-state index contributed by atoms with van der Waals surface area (Å²) in [4.78, 5) is 40.8. The number of nitrogens with zero attached hydrogens (tertiary/aromatic N) is 5. The number of hydrogen-bond donors (Lipinski definition) is 2. The molecule has 2 saturated heterocycles. The molecule has 0 bridgehead atoms. The van der Waals surface area contributed by atoms with Crippen LogP contribution in [0.5, 0.6) is 0 Å². The molecule has 3 aliphatic heterocycles. The van der Waals surface area contributed by atoms with Crippen LogP contribution < -0.4 is 15.5 Å². The fourth-order valence-electron chi connectivity index (χ4n) is 5.74. The maximum absolute atomic E-state index is 11.9. The van der Waals surface area contributed by atoms with E-state index >= 15 is 0 Å². The molecule has 204 valence electrons. The molecule has 10 heteroatoms. The van der Waals surface area contributed by atoms with Crippen LogP contribution in [0.3, 0.4) is 0 Å². The van der Waals surface area contributed by atoms with Gasteiger partial charge in [0.05, 0.1) is 24.9 Å². The number of carbonyl (C=O) groups excluding carboxylic acids is 2. The molecule has 10 nitrogen and oxygen atoms in total. The highest BCUT2D eigenvalue weighted by Crippen LogP contribution is 2.33. The highest BCUT2D eigenvalue weighted by atomic mass is 16.5. The zero-order valence-electron chi connectivity index (χ0n) is 22.7. The van der Waals surface area contributed by atoms with Crippen molar-refractivity contribution in [2.45, 2.75) is 58.7 Å². The monoisotopic (exact) mass is 521 g/mol. The molecular weight excluding hydrogens is 482 g/mol. The summed E-state index contributed by atoms with van der Waals surface area (Å²) >= 11 is 0. The molecule has 1 atom stereocenters. The van der Waals surface area contributed by atoms with Gasteiger partial charge in [0.15, 0.2) is 5.82 Å². The molecule has 2 aromatic rings. The Balaban J connectivity index is 1.42. The first-order valence-electron chi connectivity index (χ1n) is 13.8. The van der Waals surface area contributed by atoms with E-state index in [4.69, 9.17) is 14.7 Å². The van der Waals surface area contributed by atoms with Crippen LogP contribution in [0.1, 0.15) is 44.9 Å². The first kappa shape index (κ1) is 26.4. The fraction of sp³-hybridized carbons (Fsp3) is 0.571. The number of hydrogen-bond acceptors (Lipinski definition) is 7. The van der Waals surface area contributed by atoms with Gasteiger partial charge in [0.25, 0.3) is 0 Å². The van der Waals surface area contributed by atoms with Crippen molar-refractivity contribution in [3.63, 3.8) is 0 Å². The fourth-order valence-corrected chi connectivity index (χ4v) is 5.74. The average Bonchev–Trinajstić information content (AvgIpc) is 2.93. The molecule has 0 saturated carbocycles. The van der Waals surface area contributed by atoms with Gasteiger partial charge in [0.2, 0.25) is 5.91 Å². The Labute approximate surface area is 224 Å². The Bertz CT molecular complexity index is 1150. The number of ether oxygens (including phenoxy) is 1. The summed E-state index contributed by atoms with van der Waals surface area (Å²) < 4.78 is 5.72. The van der Waals surface area contributed by atoms with Crippen LogP contribution in [0.15, 0.2) is 24.3 Å². The second-order valence-corrected chi connectivity index (χ2v) is 10.4. The Morgan fingerprint density at radius 2 is 1.84 bits per heavy atom. The van der Waals surface area contributed by atoms with Gasteiger partial charge in [-0.1, -0.05) is 0 Å². The van der Waals surface area contributed by atoms with Crippen LogP contribution in [0.4, 0.5) is 16.3 Å². The lowest BCUT2D eigenvalue weighted by molar-refractivity contribution is -0.130. The topological polar surface area (TPSA) is 103 Å². The Morgan fingerprint density at radius 1 is 1.08 bits per heavy atom. The maximum Gasteiger partial charge on any atom is 0.319 e. The minimum absolute atomic E-state index is 0.168. The van der Waals surface area contributed by atoms with Crippen molar-refractivity contribution in [2.75, 3.05) is 56.2 Å². The highest BCUT2D eigenvalue weighted by Gasteiger charge is 2.32. The SMILES string of the molecule is CCNC(=O)Nc1ccc(-c2nc3c(c(N4CCOC[C@@H]4C)n2)CCN(C2CCN(C(C)=O)CC2)C3)cc1. The van der Waals surface area contributed by atoms with Gasteiger partial charge in [-0.05, 0) is 57.4 Å². The summed E-state index contributed by atoms with van der Waals surface area (Å²) in [6.45, 7) is 11.9. The summed E-state index contributed by atoms with van der Waals surface area (Å²) in [6.07, 6.45) is 2.91. The van der Waals surface area contributed by atoms with Crippen molar-refractivity contribution >= 4 is 23.4 Å². The van der Waals surface area contributed by atoms with Crippen molar-refractivity contribution in [3.05, 3.63) is 35.5 Å². The minimum Gasteiger partial charge on any atom is -0.377 e. The van der Waals surface area contributed by atoms with Crippen LogP contribution in [-0.4, -0.2) is 89.7 Å². The van der Waals surface area contributed by atoms with Gasteiger partial charge in [0, 0.05) is 69.0 Å². The molecule has 2 fully saturated rings. The number of urea groups is 1. The number of rotatable bonds is 5. The van der Waals surface area contributed by atoms with Crippen molar-refractivity contribution in [1.29, 1.82) is 0 Å². The number of aromatic nitrogens is 2. The molecule has 38 heavy (non-hydrogen) atoms. The molecule has 0 aliphatic carbocycles.